The summed E-state index contributed by atoms with van der Waals surface area (Å²) in [5.41, 5.74) is 9.97. The van der Waals surface area contributed by atoms with Crippen LogP contribution in [0.1, 0.15) is 5.82 Å². The Morgan fingerprint density at radius 3 is 1.72 bits per heavy atom. The molecule has 9 aromatic rings. The van der Waals surface area contributed by atoms with Gasteiger partial charge in [0.05, 0.1) is 11.0 Å². The van der Waals surface area contributed by atoms with Crippen molar-refractivity contribution in [1.29, 1.82) is 0 Å². The van der Waals surface area contributed by atoms with E-state index in [4.69, 9.17) is 9.40 Å². The molecule has 0 atom stereocenters. The molecular weight excluding hydrogens is 524 g/mol. The maximum absolute atomic E-state index is 6.16. The Morgan fingerprint density at radius 2 is 1.02 bits per heavy atom. The molecular formula is C40H26N2O. The quantitative estimate of drug-likeness (QED) is 0.205. The van der Waals surface area contributed by atoms with Crippen molar-refractivity contribution < 1.29 is 4.42 Å². The number of rotatable bonds is 3. The standard InChI is InChI=1S/C40H26N2O/c1-25-41-35-15-7-8-16-36(35)42(25)28-21-18-26(19-22-28)39-30-11-2-4-13-32(30)40(33-14-5-3-12-31(33)39)27-20-23-38-34(24-27)29-10-6-9-17-37(29)43-38/h2-24H,1H3. The van der Waals surface area contributed by atoms with Gasteiger partial charge in [0.1, 0.15) is 17.0 Å². The lowest BCUT2D eigenvalue weighted by Crippen LogP contribution is -1.97. The maximum atomic E-state index is 6.16. The van der Waals surface area contributed by atoms with Crippen LogP contribution in [-0.2, 0) is 0 Å². The molecule has 0 aliphatic carbocycles. The van der Waals surface area contributed by atoms with Crippen LogP contribution in [0.15, 0.2) is 144 Å². The first-order valence-electron chi connectivity index (χ1n) is 14.6. The van der Waals surface area contributed by atoms with E-state index in [2.05, 4.69) is 133 Å². The lowest BCUT2D eigenvalue weighted by atomic mass is 9.85. The third-order valence-electron chi connectivity index (χ3n) is 8.74. The molecule has 0 aliphatic rings. The largest absolute Gasteiger partial charge is 0.456 e. The van der Waals surface area contributed by atoms with E-state index in [0.717, 1.165) is 44.5 Å². The highest BCUT2D eigenvalue weighted by Gasteiger charge is 2.18. The molecule has 7 aromatic carbocycles. The molecule has 43 heavy (non-hydrogen) atoms. The molecule has 0 bridgehead atoms. The van der Waals surface area contributed by atoms with Crippen molar-refractivity contribution in [3.63, 3.8) is 0 Å². The summed E-state index contributed by atoms with van der Waals surface area (Å²) in [6.45, 7) is 2.07. The first-order valence-corrected chi connectivity index (χ1v) is 14.6. The van der Waals surface area contributed by atoms with Gasteiger partial charge in [0, 0.05) is 16.5 Å². The highest BCUT2D eigenvalue weighted by Crippen LogP contribution is 2.44. The van der Waals surface area contributed by atoms with Crippen LogP contribution in [0.25, 0.3) is 82.5 Å². The van der Waals surface area contributed by atoms with Crippen LogP contribution in [0.4, 0.5) is 0 Å². The predicted octanol–water partition coefficient (Wildman–Crippen LogP) is 10.9. The molecule has 2 heterocycles. The minimum absolute atomic E-state index is 0.913. The second-order valence-corrected chi connectivity index (χ2v) is 11.2. The lowest BCUT2D eigenvalue weighted by Gasteiger charge is -2.18. The summed E-state index contributed by atoms with van der Waals surface area (Å²) in [6, 6.07) is 49.7. The summed E-state index contributed by atoms with van der Waals surface area (Å²) in [5.74, 6) is 0.983. The maximum Gasteiger partial charge on any atom is 0.135 e. The number of para-hydroxylation sites is 3. The normalized spacial score (nSPS) is 11.8. The summed E-state index contributed by atoms with van der Waals surface area (Å²) < 4.78 is 8.39. The molecule has 0 spiro atoms. The number of fused-ring (bicyclic) bond motifs is 6. The molecule has 0 aliphatic heterocycles. The summed E-state index contributed by atoms with van der Waals surface area (Å²) in [6.07, 6.45) is 0. The monoisotopic (exact) mass is 550 g/mol. The van der Waals surface area contributed by atoms with Crippen LogP contribution in [0.5, 0.6) is 0 Å². The average Bonchev–Trinajstić information content (AvgIpc) is 3.60. The molecule has 0 N–H and O–H groups in total. The lowest BCUT2D eigenvalue weighted by molar-refractivity contribution is 0.669. The zero-order chi connectivity index (χ0) is 28.5. The number of benzene rings is 7. The predicted molar refractivity (Wildman–Crippen MR) is 179 cm³/mol. The van der Waals surface area contributed by atoms with Gasteiger partial charge in [-0.3, -0.25) is 4.57 Å². The van der Waals surface area contributed by atoms with Gasteiger partial charge in [-0.1, -0.05) is 97.1 Å². The van der Waals surface area contributed by atoms with E-state index in [1.807, 2.05) is 18.2 Å². The minimum Gasteiger partial charge on any atom is -0.456 e. The van der Waals surface area contributed by atoms with E-state index >= 15 is 0 Å². The molecule has 3 heteroatoms. The van der Waals surface area contributed by atoms with Gasteiger partial charge in [0.15, 0.2) is 0 Å². The average molecular weight is 551 g/mol. The number of furan rings is 1. The fourth-order valence-corrected chi connectivity index (χ4v) is 6.88. The molecule has 9 rings (SSSR count). The van der Waals surface area contributed by atoms with Crippen LogP contribution in [-0.4, -0.2) is 9.55 Å². The zero-order valence-electron chi connectivity index (χ0n) is 23.6. The van der Waals surface area contributed by atoms with Gasteiger partial charge >= 0.3 is 0 Å². The fraction of sp³-hybridized carbons (Fsp3) is 0.0250. The summed E-state index contributed by atoms with van der Waals surface area (Å²) >= 11 is 0. The van der Waals surface area contributed by atoms with E-state index in [-0.39, 0.29) is 0 Å². The molecule has 0 saturated carbocycles. The van der Waals surface area contributed by atoms with Crippen molar-refractivity contribution in [3.8, 4) is 27.9 Å². The van der Waals surface area contributed by atoms with Crippen LogP contribution in [0, 0.1) is 6.92 Å². The van der Waals surface area contributed by atoms with Gasteiger partial charge in [0.2, 0.25) is 0 Å². The van der Waals surface area contributed by atoms with Gasteiger partial charge in [0.25, 0.3) is 0 Å². The SMILES string of the molecule is Cc1nc2ccccc2n1-c1ccc(-c2c3ccccc3c(-c3ccc4oc5ccccc5c4c3)c3ccccc23)cc1. The van der Waals surface area contributed by atoms with E-state index in [1.165, 1.54) is 43.8 Å². The first-order chi connectivity index (χ1) is 21.2. The van der Waals surface area contributed by atoms with Gasteiger partial charge < -0.3 is 4.42 Å². The van der Waals surface area contributed by atoms with Crippen molar-refractivity contribution in [1.82, 2.24) is 9.55 Å². The van der Waals surface area contributed by atoms with Crippen molar-refractivity contribution in [3.05, 3.63) is 145 Å². The zero-order valence-corrected chi connectivity index (χ0v) is 23.6. The highest BCUT2D eigenvalue weighted by atomic mass is 16.3. The Kier molecular flexibility index (Phi) is 5.11. The molecule has 0 saturated heterocycles. The van der Waals surface area contributed by atoms with Crippen molar-refractivity contribution in [2.45, 2.75) is 6.92 Å². The Balaban J connectivity index is 1.28. The van der Waals surface area contributed by atoms with Crippen molar-refractivity contribution >= 4 is 54.5 Å². The summed E-state index contributed by atoms with van der Waals surface area (Å²) in [5, 5.41) is 7.25. The third kappa shape index (κ3) is 3.58. The number of aryl methyl sites for hydroxylation is 1. The van der Waals surface area contributed by atoms with E-state index < -0.39 is 0 Å². The Morgan fingerprint density at radius 1 is 0.488 bits per heavy atom. The first kappa shape index (κ1) is 24.0. The van der Waals surface area contributed by atoms with Gasteiger partial charge in [-0.15, -0.1) is 0 Å². The van der Waals surface area contributed by atoms with Crippen molar-refractivity contribution in [2.24, 2.45) is 0 Å². The van der Waals surface area contributed by atoms with Gasteiger partial charge in [-0.2, -0.15) is 0 Å². The fourth-order valence-electron chi connectivity index (χ4n) is 6.88. The van der Waals surface area contributed by atoms with Crippen LogP contribution in [0.3, 0.4) is 0 Å². The topological polar surface area (TPSA) is 31.0 Å². The second-order valence-electron chi connectivity index (χ2n) is 11.2. The van der Waals surface area contributed by atoms with Crippen molar-refractivity contribution in [2.75, 3.05) is 0 Å². The molecule has 202 valence electrons. The smallest absolute Gasteiger partial charge is 0.135 e. The van der Waals surface area contributed by atoms with Crippen LogP contribution >= 0.6 is 0 Å². The van der Waals surface area contributed by atoms with Crippen LogP contribution in [0.2, 0.25) is 0 Å². The summed E-state index contributed by atoms with van der Waals surface area (Å²) in [4.78, 5) is 4.78. The number of imidazole rings is 1. The number of nitrogens with zero attached hydrogens (tertiary/aromatic N) is 2. The van der Waals surface area contributed by atoms with Gasteiger partial charge in [-0.25, -0.2) is 4.98 Å². The Bertz CT molecular complexity index is 2460. The molecule has 0 radical (unpaired) electrons. The number of hydrogen-bond donors (Lipinski definition) is 0. The minimum atomic E-state index is 0.913. The summed E-state index contributed by atoms with van der Waals surface area (Å²) in [7, 11) is 0. The number of aromatic nitrogens is 2. The second kappa shape index (κ2) is 9.17. The highest BCUT2D eigenvalue weighted by molar-refractivity contribution is 6.22. The molecule has 0 unspecified atom stereocenters. The molecule has 0 fully saturated rings. The van der Waals surface area contributed by atoms with E-state index in [1.54, 1.807) is 0 Å². The van der Waals surface area contributed by atoms with E-state index in [0.29, 0.717) is 0 Å². The van der Waals surface area contributed by atoms with E-state index in [9.17, 15) is 0 Å². The Hall–Kier alpha value is -5.67. The third-order valence-corrected chi connectivity index (χ3v) is 8.74. The van der Waals surface area contributed by atoms with Gasteiger partial charge in [-0.05, 0) is 93.2 Å². The molecule has 2 aromatic heterocycles. The van der Waals surface area contributed by atoms with Crippen LogP contribution < -0.4 is 0 Å². The Labute approximate surface area is 248 Å². The molecule has 3 nitrogen and oxygen atoms in total. The number of hydrogen-bond acceptors (Lipinski definition) is 2. The molecule has 0 amide bonds.